The lowest BCUT2D eigenvalue weighted by Gasteiger charge is -2.33. The highest BCUT2D eigenvalue weighted by Crippen LogP contribution is 2.22. The summed E-state index contributed by atoms with van der Waals surface area (Å²) in [5.74, 6) is 0.702. The van der Waals surface area contributed by atoms with Gasteiger partial charge in [0, 0.05) is 13.1 Å². The normalized spacial score (nSPS) is 22.8. The number of carbonyl (C=O) groups is 1. The van der Waals surface area contributed by atoms with Crippen LogP contribution >= 0.6 is 0 Å². The second kappa shape index (κ2) is 6.57. The maximum Gasteiger partial charge on any atom is 0.260 e. The highest BCUT2D eigenvalue weighted by molar-refractivity contribution is 5.77. The smallest absolute Gasteiger partial charge is 0.260 e. The van der Waals surface area contributed by atoms with E-state index in [2.05, 4.69) is 0 Å². The summed E-state index contributed by atoms with van der Waals surface area (Å²) in [5.41, 5.74) is 0. The van der Waals surface area contributed by atoms with Gasteiger partial charge in [-0.1, -0.05) is 18.2 Å². The molecule has 104 valence electrons. The van der Waals surface area contributed by atoms with Crippen LogP contribution in [0.1, 0.15) is 25.7 Å². The quantitative estimate of drug-likeness (QED) is 0.901. The maximum atomic E-state index is 12.0. The molecular weight excluding hydrogens is 242 g/mol. The van der Waals surface area contributed by atoms with Gasteiger partial charge in [-0.05, 0) is 37.8 Å². The standard InChI is InChI=1S/C15H21NO3/c1-16(12-7-9-13(17)10-8-12)15(18)11-19-14-5-3-2-4-6-14/h2-6,12-13,17H,7-11H2,1H3. The van der Waals surface area contributed by atoms with E-state index in [1.165, 1.54) is 0 Å². The number of nitrogens with zero attached hydrogens (tertiary/aromatic N) is 1. The SMILES string of the molecule is CN(C(=O)COc1ccccc1)C1CCC(O)CC1. The Bertz CT molecular complexity index is 399. The van der Waals surface area contributed by atoms with Crippen LogP contribution in [0.15, 0.2) is 30.3 Å². The van der Waals surface area contributed by atoms with Crippen molar-refractivity contribution in [3.8, 4) is 5.75 Å². The molecule has 19 heavy (non-hydrogen) atoms. The monoisotopic (exact) mass is 263 g/mol. The Labute approximate surface area is 114 Å². The minimum absolute atomic E-state index is 0.00903. The first kappa shape index (κ1) is 13.9. The molecule has 4 heteroatoms. The second-order valence-electron chi connectivity index (χ2n) is 5.07. The van der Waals surface area contributed by atoms with E-state index in [0.29, 0.717) is 5.75 Å². The fraction of sp³-hybridized carbons (Fsp3) is 0.533. The molecule has 0 atom stereocenters. The molecule has 1 aromatic rings. The van der Waals surface area contributed by atoms with Crippen molar-refractivity contribution in [3.05, 3.63) is 30.3 Å². The number of likely N-dealkylation sites (N-methyl/N-ethyl adjacent to an activating group) is 1. The average Bonchev–Trinajstić information content (AvgIpc) is 2.46. The van der Waals surface area contributed by atoms with Gasteiger partial charge in [-0.25, -0.2) is 0 Å². The Hall–Kier alpha value is -1.55. The minimum atomic E-state index is -0.194. The lowest BCUT2D eigenvalue weighted by Crippen LogP contribution is -2.42. The molecule has 1 amide bonds. The van der Waals surface area contributed by atoms with E-state index in [9.17, 15) is 9.90 Å². The Balaban J connectivity index is 1.79. The summed E-state index contributed by atoms with van der Waals surface area (Å²) in [6.07, 6.45) is 3.10. The number of ether oxygens (including phenoxy) is 1. The van der Waals surface area contributed by atoms with Gasteiger partial charge in [-0.15, -0.1) is 0 Å². The maximum absolute atomic E-state index is 12.0. The van der Waals surface area contributed by atoms with Crippen molar-refractivity contribution in [2.45, 2.75) is 37.8 Å². The molecule has 1 saturated carbocycles. The Kier molecular flexibility index (Phi) is 4.80. The molecule has 1 aromatic carbocycles. The number of benzene rings is 1. The zero-order valence-electron chi connectivity index (χ0n) is 11.3. The topological polar surface area (TPSA) is 49.8 Å². The first-order valence-electron chi connectivity index (χ1n) is 6.78. The van der Waals surface area contributed by atoms with E-state index in [0.717, 1.165) is 25.7 Å². The van der Waals surface area contributed by atoms with Crippen LogP contribution in [0.3, 0.4) is 0 Å². The predicted molar refractivity (Wildman–Crippen MR) is 73.0 cm³/mol. The van der Waals surface area contributed by atoms with Crippen LogP contribution in [0.2, 0.25) is 0 Å². The van der Waals surface area contributed by atoms with Crippen molar-refractivity contribution in [1.29, 1.82) is 0 Å². The van der Waals surface area contributed by atoms with Crippen molar-refractivity contribution in [3.63, 3.8) is 0 Å². The Morgan fingerprint density at radius 3 is 2.53 bits per heavy atom. The Morgan fingerprint density at radius 1 is 1.26 bits per heavy atom. The summed E-state index contributed by atoms with van der Waals surface area (Å²) in [7, 11) is 1.82. The van der Waals surface area contributed by atoms with Crippen LogP contribution in [0.5, 0.6) is 5.75 Å². The fourth-order valence-corrected chi connectivity index (χ4v) is 2.41. The molecule has 2 rings (SSSR count). The molecule has 0 unspecified atom stereocenters. The zero-order valence-corrected chi connectivity index (χ0v) is 11.3. The summed E-state index contributed by atoms with van der Waals surface area (Å²) in [4.78, 5) is 13.8. The summed E-state index contributed by atoms with van der Waals surface area (Å²) in [6, 6.07) is 9.58. The molecule has 4 nitrogen and oxygen atoms in total. The number of aliphatic hydroxyl groups excluding tert-OH is 1. The van der Waals surface area contributed by atoms with Crippen LogP contribution < -0.4 is 4.74 Å². The highest BCUT2D eigenvalue weighted by atomic mass is 16.5. The van der Waals surface area contributed by atoms with Crippen molar-refractivity contribution in [2.75, 3.05) is 13.7 Å². The molecule has 1 aliphatic carbocycles. The van der Waals surface area contributed by atoms with E-state index < -0.39 is 0 Å². The largest absolute Gasteiger partial charge is 0.484 e. The number of aliphatic hydroxyl groups is 1. The van der Waals surface area contributed by atoms with Crippen LogP contribution in [-0.4, -0.2) is 41.7 Å². The number of carbonyl (C=O) groups excluding carboxylic acids is 1. The molecule has 0 aromatic heterocycles. The molecule has 0 aliphatic heterocycles. The number of rotatable bonds is 4. The van der Waals surface area contributed by atoms with Gasteiger partial charge in [-0.3, -0.25) is 4.79 Å². The van der Waals surface area contributed by atoms with Crippen LogP contribution in [0, 0.1) is 0 Å². The van der Waals surface area contributed by atoms with E-state index in [1.54, 1.807) is 4.90 Å². The number of hydrogen-bond donors (Lipinski definition) is 1. The first-order chi connectivity index (χ1) is 9.16. The lowest BCUT2D eigenvalue weighted by atomic mass is 9.92. The van der Waals surface area contributed by atoms with Crippen molar-refractivity contribution >= 4 is 5.91 Å². The molecule has 1 fully saturated rings. The number of amides is 1. The molecule has 0 heterocycles. The molecule has 0 bridgehead atoms. The number of hydrogen-bond acceptors (Lipinski definition) is 3. The van der Waals surface area contributed by atoms with Gasteiger partial charge in [0.25, 0.3) is 5.91 Å². The van der Waals surface area contributed by atoms with Gasteiger partial charge < -0.3 is 14.7 Å². The third kappa shape index (κ3) is 3.96. The summed E-state index contributed by atoms with van der Waals surface area (Å²) >= 11 is 0. The second-order valence-corrected chi connectivity index (χ2v) is 5.07. The van der Waals surface area contributed by atoms with Crippen molar-refractivity contribution in [1.82, 2.24) is 4.90 Å². The molecule has 0 radical (unpaired) electrons. The fourth-order valence-electron chi connectivity index (χ4n) is 2.41. The van der Waals surface area contributed by atoms with E-state index in [-0.39, 0.29) is 24.7 Å². The molecular formula is C15H21NO3. The van der Waals surface area contributed by atoms with E-state index in [1.807, 2.05) is 37.4 Å². The molecule has 0 spiro atoms. The molecule has 1 aliphatic rings. The Morgan fingerprint density at radius 2 is 1.89 bits per heavy atom. The average molecular weight is 263 g/mol. The molecule has 1 N–H and O–H groups in total. The van der Waals surface area contributed by atoms with Gasteiger partial charge in [0.15, 0.2) is 6.61 Å². The lowest BCUT2D eigenvalue weighted by molar-refractivity contribution is -0.135. The van der Waals surface area contributed by atoms with Gasteiger partial charge in [-0.2, -0.15) is 0 Å². The summed E-state index contributed by atoms with van der Waals surface area (Å²) in [5, 5.41) is 9.47. The van der Waals surface area contributed by atoms with Crippen LogP contribution in [-0.2, 0) is 4.79 Å². The van der Waals surface area contributed by atoms with Gasteiger partial charge in [0.05, 0.1) is 6.10 Å². The van der Waals surface area contributed by atoms with Gasteiger partial charge in [0.1, 0.15) is 5.75 Å². The zero-order chi connectivity index (χ0) is 13.7. The van der Waals surface area contributed by atoms with Gasteiger partial charge in [0.2, 0.25) is 0 Å². The third-order valence-electron chi connectivity index (χ3n) is 3.71. The summed E-state index contributed by atoms with van der Waals surface area (Å²) in [6.45, 7) is 0.0690. The minimum Gasteiger partial charge on any atom is -0.484 e. The number of para-hydroxylation sites is 1. The van der Waals surface area contributed by atoms with Crippen molar-refractivity contribution < 1.29 is 14.6 Å². The van der Waals surface area contributed by atoms with Gasteiger partial charge >= 0.3 is 0 Å². The van der Waals surface area contributed by atoms with Crippen LogP contribution in [0.25, 0.3) is 0 Å². The van der Waals surface area contributed by atoms with E-state index in [4.69, 9.17) is 4.74 Å². The summed E-state index contributed by atoms with van der Waals surface area (Å²) < 4.78 is 5.46. The third-order valence-corrected chi connectivity index (χ3v) is 3.71. The van der Waals surface area contributed by atoms with Crippen LogP contribution in [0.4, 0.5) is 0 Å². The predicted octanol–water partition coefficient (Wildman–Crippen LogP) is 1.83. The highest BCUT2D eigenvalue weighted by Gasteiger charge is 2.25. The van der Waals surface area contributed by atoms with Crippen molar-refractivity contribution in [2.24, 2.45) is 0 Å². The van der Waals surface area contributed by atoms with E-state index >= 15 is 0 Å². The first-order valence-corrected chi connectivity index (χ1v) is 6.78. The molecule has 0 saturated heterocycles.